The van der Waals surface area contributed by atoms with Crippen molar-refractivity contribution in [3.05, 3.63) is 74.2 Å². The number of nitro benzene ring substituents is 1. The molecule has 1 aromatic rings. The molecular weight excluding hydrogens is 586 g/mol. The topological polar surface area (TPSA) is 171 Å². The summed E-state index contributed by atoms with van der Waals surface area (Å²) in [5.74, 6) is 1.18. The quantitative estimate of drug-likeness (QED) is 0.0518. The van der Waals surface area contributed by atoms with E-state index in [2.05, 4.69) is 47.9 Å². The average molecular weight is 636 g/mol. The van der Waals surface area contributed by atoms with Crippen molar-refractivity contribution >= 4 is 23.0 Å². The SMILES string of the molecule is C=C1/C(=C\C=C2/CCC[C@]3(C)[C@@H]([C@H](C)CCCC(C)(C)O)CC[C@@H]23)C[C@@H](OC(=O)CNc2ccc(N=[N+]=[N-])cc2[N+](=O)[O-])C[C@@H]1O. The molecule has 11 heteroatoms. The van der Waals surface area contributed by atoms with E-state index in [1.54, 1.807) is 0 Å². The fraction of sp³-hybridized carbons (Fsp3) is 0.629. The number of carbonyl (C=O) groups excluding carboxylic acids is 1. The van der Waals surface area contributed by atoms with Gasteiger partial charge in [0.25, 0.3) is 5.69 Å². The van der Waals surface area contributed by atoms with Gasteiger partial charge in [0.1, 0.15) is 18.3 Å². The van der Waals surface area contributed by atoms with Crippen molar-refractivity contribution in [2.75, 3.05) is 11.9 Å². The second-order valence-electron chi connectivity index (χ2n) is 14.3. The Balaban J connectivity index is 1.39. The molecule has 0 saturated heterocycles. The van der Waals surface area contributed by atoms with E-state index in [0.29, 0.717) is 29.7 Å². The Morgan fingerprint density at radius 3 is 2.83 bits per heavy atom. The van der Waals surface area contributed by atoms with E-state index in [1.807, 2.05) is 13.8 Å². The highest BCUT2D eigenvalue weighted by atomic mass is 16.6. The van der Waals surface area contributed by atoms with Crippen molar-refractivity contribution in [2.45, 2.75) is 110 Å². The molecule has 6 atom stereocenters. The van der Waals surface area contributed by atoms with Crippen LogP contribution < -0.4 is 5.32 Å². The molecule has 3 saturated carbocycles. The van der Waals surface area contributed by atoms with Crippen LogP contribution in [0.25, 0.3) is 10.4 Å². The molecule has 0 unspecified atom stereocenters. The number of allylic oxidation sites excluding steroid dienone is 3. The largest absolute Gasteiger partial charge is 0.461 e. The van der Waals surface area contributed by atoms with E-state index >= 15 is 0 Å². The molecule has 0 aliphatic heterocycles. The van der Waals surface area contributed by atoms with Crippen molar-refractivity contribution in [2.24, 2.45) is 28.3 Å². The summed E-state index contributed by atoms with van der Waals surface area (Å²) >= 11 is 0. The van der Waals surface area contributed by atoms with Gasteiger partial charge in [0.05, 0.1) is 16.6 Å². The third-order valence-electron chi connectivity index (χ3n) is 10.5. The van der Waals surface area contributed by atoms with Gasteiger partial charge in [-0.1, -0.05) is 62.2 Å². The molecule has 11 nitrogen and oxygen atoms in total. The number of carbonyl (C=O) groups is 1. The van der Waals surface area contributed by atoms with Gasteiger partial charge in [-0.15, -0.1) is 0 Å². The van der Waals surface area contributed by atoms with Crippen molar-refractivity contribution in [3.63, 3.8) is 0 Å². The third kappa shape index (κ3) is 8.57. The van der Waals surface area contributed by atoms with Gasteiger partial charge in [-0.05, 0) is 98.3 Å². The number of nitrogens with one attached hydrogen (secondary N) is 1. The molecular formula is C35H49N5O6. The lowest BCUT2D eigenvalue weighted by molar-refractivity contribution is -0.383. The number of anilines is 1. The molecule has 3 aliphatic carbocycles. The summed E-state index contributed by atoms with van der Waals surface area (Å²) < 4.78 is 5.68. The van der Waals surface area contributed by atoms with E-state index in [-0.39, 0.29) is 35.4 Å². The van der Waals surface area contributed by atoms with Crippen molar-refractivity contribution in [3.8, 4) is 0 Å². The van der Waals surface area contributed by atoms with Crippen LogP contribution in [0.3, 0.4) is 0 Å². The Bertz CT molecular complexity index is 1420. The summed E-state index contributed by atoms with van der Waals surface area (Å²) in [4.78, 5) is 26.2. The van der Waals surface area contributed by atoms with Crippen LogP contribution in [0.1, 0.15) is 91.9 Å². The van der Waals surface area contributed by atoms with Gasteiger partial charge in [0.15, 0.2) is 0 Å². The maximum Gasteiger partial charge on any atom is 0.325 e. The summed E-state index contributed by atoms with van der Waals surface area (Å²) in [6.45, 7) is 12.4. The van der Waals surface area contributed by atoms with Gasteiger partial charge in [-0.3, -0.25) is 14.9 Å². The zero-order valence-corrected chi connectivity index (χ0v) is 27.6. The molecule has 0 aromatic heterocycles. The van der Waals surface area contributed by atoms with Gasteiger partial charge in [-0.25, -0.2) is 0 Å². The molecule has 0 amide bonds. The van der Waals surface area contributed by atoms with E-state index in [1.165, 1.54) is 37.0 Å². The van der Waals surface area contributed by atoms with Crippen LogP contribution in [0.4, 0.5) is 17.1 Å². The van der Waals surface area contributed by atoms with E-state index in [9.17, 15) is 25.1 Å². The highest BCUT2D eigenvalue weighted by molar-refractivity contribution is 5.77. The molecule has 3 aliphatic rings. The second kappa shape index (κ2) is 14.8. The fourth-order valence-corrected chi connectivity index (χ4v) is 8.14. The minimum atomic E-state index is -0.837. The second-order valence-corrected chi connectivity index (χ2v) is 14.3. The number of aliphatic hydroxyl groups excluding tert-OH is 1. The molecule has 0 radical (unpaired) electrons. The lowest BCUT2D eigenvalue weighted by Crippen LogP contribution is -2.36. The summed E-state index contributed by atoms with van der Waals surface area (Å²) in [6, 6.07) is 3.92. The Hall–Kier alpha value is -3.66. The summed E-state index contributed by atoms with van der Waals surface area (Å²) in [5, 5.41) is 38.5. The highest BCUT2D eigenvalue weighted by Crippen LogP contribution is 2.60. The first-order chi connectivity index (χ1) is 21.7. The first-order valence-corrected chi connectivity index (χ1v) is 16.5. The molecule has 3 fully saturated rings. The number of nitro groups is 1. The fourth-order valence-electron chi connectivity index (χ4n) is 8.14. The van der Waals surface area contributed by atoms with Gasteiger partial charge < -0.3 is 20.3 Å². The number of rotatable bonds is 12. The monoisotopic (exact) mass is 635 g/mol. The maximum absolute atomic E-state index is 12.7. The number of nitrogens with zero attached hydrogens (tertiary/aromatic N) is 4. The number of aliphatic hydroxyl groups is 2. The van der Waals surface area contributed by atoms with Gasteiger partial charge in [0, 0.05) is 29.5 Å². The van der Waals surface area contributed by atoms with Crippen LogP contribution in [-0.2, 0) is 9.53 Å². The van der Waals surface area contributed by atoms with Crippen LogP contribution in [0, 0.1) is 33.3 Å². The lowest BCUT2D eigenvalue weighted by Gasteiger charge is -2.44. The number of azide groups is 1. The van der Waals surface area contributed by atoms with Crippen molar-refractivity contribution in [1.29, 1.82) is 0 Å². The number of benzene rings is 1. The van der Waals surface area contributed by atoms with Gasteiger partial charge >= 0.3 is 5.97 Å². The first-order valence-electron chi connectivity index (χ1n) is 16.5. The van der Waals surface area contributed by atoms with Crippen molar-refractivity contribution in [1.82, 2.24) is 0 Å². The number of ether oxygens (including phenoxy) is 1. The predicted molar refractivity (Wildman–Crippen MR) is 178 cm³/mol. The molecule has 250 valence electrons. The Labute approximate surface area is 271 Å². The first kappa shape index (κ1) is 35.2. The Morgan fingerprint density at radius 1 is 1.37 bits per heavy atom. The standard InChI is InChI=1S/C35H49N5O6/c1-22(8-6-16-34(3,4)43)28-13-14-29-24(9-7-17-35(28,29)5)10-11-25-18-27(20-32(41)23(25)2)46-33(42)21-37-30-15-12-26(38-39-36)19-31(30)40(44)45/h10-12,15,19,22,27-29,32,37,41,43H,2,6-9,13-14,16-18,20-21H2,1,3-5H3/b24-10+,25-11-/t22-,27-,28-,29+,32+,35-/m1/s1. The van der Waals surface area contributed by atoms with E-state index in [0.717, 1.165) is 43.7 Å². The lowest BCUT2D eigenvalue weighted by atomic mass is 9.60. The van der Waals surface area contributed by atoms with Crippen LogP contribution in [0.2, 0.25) is 0 Å². The van der Waals surface area contributed by atoms with E-state index < -0.39 is 28.7 Å². The minimum Gasteiger partial charge on any atom is -0.461 e. The number of hydrogen-bond donors (Lipinski definition) is 3. The molecule has 46 heavy (non-hydrogen) atoms. The van der Waals surface area contributed by atoms with Crippen molar-refractivity contribution < 1.29 is 24.7 Å². The molecule has 3 N–H and O–H groups in total. The number of fused-ring (bicyclic) bond motifs is 1. The Kier molecular flexibility index (Phi) is 11.4. The highest BCUT2D eigenvalue weighted by Gasteiger charge is 2.50. The number of esters is 1. The normalized spacial score (nSPS) is 28.8. The molecule has 1 aromatic carbocycles. The molecule has 0 bridgehead atoms. The van der Waals surface area contributed by atoms with Gasteiger partial charge in [-0.2, -0.15) is 0 Å². The zero-order chi connectivity index (χ0) is 33.6. The summed E-state index contributed by atoms with van der Waals surface area (Å²) in [5.41, 5.74) is 11.0. The molecule has 0 spiro atoms. The molecule has 4 rings (SSSR count). The third-order valence-corrected chi connectivity index (χ3v) is 10.5. The molecule has 0 heterocycles. The minimum absolute atomic E-state index is 0.0895. The van der Waals surface area contributed by atoms with Crippen LogP contribution in [0.15, 0.2) is 58.8 Å². The number of hydrogen-bond acceptors (Lipinski definition) is 8. The van der Waals surface area contributed by atoms with Crippen LogP contribution >= 0.6 is 0 Å². The van der Waals surface area contributed by atoms with Gasteiger partial charge in [0.2, 0.25) is 0 Å². The summed E-state index contributed by atoms with van der Waals surface area (Å²) in [6.07, 6.45) is 12.4. The van der Waals surface area contributed by atoms with Crippen LogP contribution in [-0.4, -0.2) is 45.5 Å². The van der Waals surface area contributed by atoms with Crippen LogP contribution in [0.5, 0.6) is 0 Å². The van der Waals surface area contributed by atoms with E-state index in [4.69, 9.17) is 10.3 Å². The maximum atomic E-state index is 12.7. The zero-order valence-electron chi connectivity index (χ0n) is 27.6. The Morgan fingerprint density at radius 2 is 2.13 bits per heavy atom. The average Bonchev–Trinajstić information content (AvgIpc) is 3.34. The smallest absolute Gasteiger partial charge is 0.325 e. The predicted octanol–water partition coefficient (Wildman–Crippen LogP) is 8.22. The summed E-state index contributed by atoms with van der Waals surface area (Å²) in [7, 11) is 0.